The van der Waals surface area contributed by atoms with Crippen LogP contribution < -0.4 is 0 Å². The molecule has 0 radical (unpaired) electrons. The molecule has 0 N–H and O–H groups in total. The van der Waals surface area contributed by atoms with Crippen LogP contribution in [-0.2, 0) is 13.0 Å². The molecule has 1 aromatic carbocycles. The van der Waals surface area contributed by atoms with Gasteiger partial charge in [-0.25, -0.2) is 9.97 Å². The third kappa shape index (κ3) is 2.24. The predicted octanol–water partition coefficient (Wildman–Crippen LogP) is 1.55. The van der Waals surface area contributed by atoms with Crippen molar-refractivity contribution in [2.24, 2.45) is 0 Å². The van der Waals surface area contributed by atoms with Gasteiger partial charge in [-0.05, 0) is 18.2 Å². The number of hydrogen-bond donors (Lipinski definition) is 0. The predicted molar refractivity (Wildman–Crippen MR) is 71.6 cm³/mol. The quantitative estimate of drug-likeness (QED) is 0.783. The second-order valence-electron chi connectivity index (χ2n) is 4.66. The Bertz CT molecular complexity index is 705. The third-order valence-electron chi connectivity index (χ3n) is 3.39. The van der Waals surface area contributed by atoms with Crippen LogP contribution in [0, 0.1) is 11.3 Å². The molecule has 0 bridgehead atoms. The number of amides is 1. The van der Waals surface area contributed by atoms with Gasteiger partial charge in [-0.2, -0.15) is 5.26 Å². The molecule has 0 unspecified atom stereocenters. The van der Waals surface area contributed by atoms with E-state index in [0.717, 1.165) is 17.7 Å². The number of fused-ring (bicyclic) bond motifs is 1. The normalized spacial score (nSPS) is 13.4. The number of rotatable bonds is 1. The van der Waals surface area contributed by atoms with Gasteiger partial charge >= 0.3 is 0 Å². The molecule has 5 heteroatoms. The zero-order chi connectivity index (χ0) is 13.9. The van der Waals surface area contributed by atoms with Crippen LogP contribution >= 0.6 is 0 Å². The van der Waals surface area contributed by atoms with E-state index in [1.165, 1.54) is 6.33 Å². The standard InChI is InChI=1S/C15H12N4O/c16-7-11-2-1-3-12(6-11)15(20)19-5-4-14-13(9-19)8-17-10-18-14/h1-3,6,8,10H,4-5,9H2. The average molecular weight is 264 g/mol. The molecule has 2 aromatic rings. The fraction of sp³-hybridized carbons (Fsp3) is 0.200. The monoisotopic (exact) mass is 264 g/mol. The fourth-order valence-electron chi connectivity index (χ4n) is 2.34. The molecule has 1 amide bonds. The molecule has 98 valence electrons. The summed E-state index contributed by atoms with van der Waals surface area (Å²) in [5.74, 6) is -0.0587. The molecule has 0 atom stereocenters. The van der Waals surface area contributed by atoms with Crippen molar-refractivity contribution in [3.05, 3.63) is 59.2 Å². The summed E-state index contributed by atoms with van der Waals surface area (Å²) in [7, 11) is 0. The largest absolute Gasteiger partial charge is 0.334 e. The van der Waals surface area contributed by atoms with Gasteiger partial charge in [0.25, 0.3) is 5.91 Å². The van der Waals surface area contributed by atoms with Gasteiger partial charge in [0.2, 0.25) is 0 Å². The van der Waals surface area contributed by atoms with E-state index in [9.17, 15) is 4.79 Å². The van der Waals surface area contributed by atoms with Crippen LogP contribution in [0.25, 0.3) is 0 Å². The minimum atomic E-state index is -0.0587. The Morgan fingerprint density at radius 3 is 3.15 bits per heavy atom. The maximum atomic E-state index is 12.5. The van der Waals surface area contributed by atoms with Crippen LogP contribution in [0.2, 0.25) is 0 Å². The highest BCUT2D eigenvalue weighted by Crippen LogP contribution is 2.18. The SMILES string of the molecule is N#Cc1cccc(C(=O)N2CCc3ncncc3C2)c1. The molecule has 20 heavy (non-hydrogen) atoms. The molecular formula is C15H12N4O. The fourth-order valence-corrected chi connectivity index (χ4v) is 2.34. The first-order chi connectivity index (χ1) is 9.78. The molecule has 1 aliphatic heterocycles. The minimum Gasteiger partial charge on any atom is -0.334 e. The van der Waals surface area contributed by atoms with Crippen LogP contribution in [0.15, 0.2) is 36.8 Å². The Balaban J connectivity index is 1.84. The van der Waals surface area contributed by atoms with Gasteiger partial charge in [-0.3, -0.25) is 4.79 Å². The lowest BCUT2D eigenvalue weighted by molar-refractivity contribution is 0.0733. The summed E-state index contributed by atoms with van der Waals surface area (Å²) in [5, 5.41) is 8.89. The maximum Gasteiger partial charge on any atom is 0.254 e. The number of benzene rings is 1. The summed E-state index contributed by atoms with van der Waals surface area (Å²) in [4.78, 5) is 22.4. The topological polar surface area (TPSA) is 69.9 Å². The smallest absolute Gasteiger partial charge is 0.254 e. The summed E-state index contributed by atoms with van der Waals surface area (Å²) in [5.41, 5.74) is 3.04. The van der Waals surface area contributed by atoms with Crippen molar-refractivity contribution in [2.75, 3.05) is 6.54 Å². The first-order valence-electron chi connectivity index (χ1n) is 6.35. The highest BCUT2D eigenvalue weighted by atomic mass is 16.2. The van der Waals surface area contributed by atoms with Crippen molar-refractivity contribution >= 4 is 5.91 Å². The molecular weight excluding hydrogens is 252 g/mol. The van der Waals surface area contributed by atoms with Crippen molar-refractivity contribution in [2.45, 2.75) is 13.0 Å². The molecule has 0 fully saturated rings. The molecule has 5 nitrogen and oxygen atoms in total. The lowest BCUT2D eigenvalue weighted by Gasteiger charge is -2.27. The number of nitriles is 1. The molecule has 0 spiro atoms. The zero-order valence-corrected chi connectivity index (χ0v) is 10.8. The van der Waals surface area contributed by atoms with Crippen molar-refractivity contribution in [1.29, 1.82) is 5.26 Å². The Morgan fingerprint density at radius 1 is 1.40 bits per heavy atom. The Labute approximate surface area is 116 Å². The first kappa shape index (κ1) is 12.3. The number of nitrogens with zero attached hydrogens (tertiary/aromatic N) is 4. The molecule has 0 aliphatic carbocycles. The van der Waals surface area contributed by atoms with E-state index >= 15 is 0 Å². The Hall–Kier alpha value is -2.74. The van der Waals surface area contributed by atoms with Gasteiger partial charge in [-0.1, -0.05) is 6.07 Å². The average Bonchev–Trinajstić information content (AvgIpc) is 2.53. The zero-order valence-electron chi connectivity index (χ0n) is 10.8. The van der Waals surface area contributed by atoms with Crippen molar-refractivity contribution in [3.8, 4) is 6.07 Å². The number of carbonyl (C=O) groups excluding carboxylic acids is 1. The minimum absolute atomic E-state index is 0.0587. The molecule has 1 aliphatic rings. The summed E-state index contributed by atoms with van der Waals surface area (Å²) < 4.78 is 0. The molecule has 2 heterocycles. The van der Waals surface area contributed by atoms with Crippen molar-refractivity contribution in [3.63, 3.8) is 0 Å². The number of aromatic nitrogens is 2. The highest BCUT2D eigenvalue weighted by Gasteiger charge is 2.22. The molecule has 0 saturated heterocycles. The second kappa shape index (κ2) is 5.10. The lowest BCUT2D eigenvalue weighted by Crippen LogP contribution is -2.36. The van der Waals surface area contributed by atoms with Crippen LogP contribution in [0.5, 0.6) is 0 Å². The van der Waals surface area contributed by atoms with Gasteiger partial charge in [0.15, 0.2) is 0 Å². The maximum absolute atomic E-state index is 12.5. The molecule has 0 saturated carbocycles. The summed E-state index contributed by atoms with van der Waals surface area (Å²) in [6.07, 6.45) is 4.03. The van der Waals surface area contributed by atoms with E-state index in [4.69, 9.17) is 5.26 Å². The highest BCUT2D eigenvalue weighted by molar-refractivity contribution is 5.94. The molecule has 1 aromatic heterocycles. The van der Waals surface area contributed by atoms with Crippen LogP contribution in [-0.4, -0.2) is 27.3 Å². The van der Waals surface area contributed by atoms with E-state index in [1.54, 1.807) is 35.4 Å². The Morgan fingerprint density at radius 2 is 2.30 bits per heavy atom. The van der Waals surface area contributed by atoms with E-state index < -0.39 is 0 Å². The van der Waals surface area contributed by atoms with Crippen LogP contribution in [0.1, 0.15) is 27.2 Å². The van der Waals surface area contributed by atoms with Crippen LogP contribution in [0.3, 0.4) is 0 Å². The van der Waals surface area contributed by atoms with Gasteiger partial charge in [0.1, 0.15) is 6.33 Å². The summed E-state index contributed by atoms with van der Waals surface area (Å²) >= 11 is 0. The van der Waals surface area contributed by atoms with Crippen molar-refractivity contribution < 1.29 is 4.79 Å². The number of hydrogen-bond acceptors (Lipinski definition) is 4. The Kier molecular flexibility index (Phi) is 3.13. The van der Waals surface area contributed by atoms with Gasteiger partial charge in [-0.15, -0.1) is 0 Å². The first-order valence-corrected chi connectivity index (χ1v) is 6.35. The van der Waals surface area contributed by atoms with E-state index in [1.807, 2.05) is 0 Å². The van der Waals surface area contributed by atoms with Crippen LogP contribution in [0.4, 0.5) is 0 Å². The van der Waals surface area contributed by atoms with Crippen molar-refractivity contribution in [1.82, 2.24) is 14.9 Å². The van der Waals surface area contributed by atoms with Gasteiger partial charge < -0.3 is 4.90 Å². The van der Waals surface area contributed by atoms with Gasteiger partial charge in [0.05, 0.1) is 17.3 Å². The summed E-state index contributed by atoms with van der Waals surface area (Å²) in [6, 6.07) is 8.83. The third-order valence-corrected chi connectivity index (χ3v) is 3.39. The number of carbonyl (C=O) groups is 1. The van der Waals surface area contributed by atoms with E-state index in [-0.39, 0.29) is 5.91 Å². The summed E-state index contributed by atoms with van der Waals surface area (Å²) in [6.45, 7) is 1.16. The van der Waals surface area contributed by atoms with E-state index in [0.29, 0.717) is 24.2 Å². The van der Waals surface area contributed by atoms with Gasteiger partial charge in [0, 0.05) is 36.8 Å². The van der Waals surface area contributed by atoms with E-state index in [2.05, 4.69) is 16.0 Å². The molecule has 3 rings (SSSR count). The lowest BCUT2D eigenvalue weighted by atomic mass is 10.1. The second-order valence-corrected chi connectivity index (χ2v) is 4.66.